The maximum atomic E-state index is 12.9. The number of likely N-dealkylation sites (tertiary alicyclic amines) is 1. The van der Waals surface area contributed by atoms with Crippen LogP contribution in [0.4, 0.5) is 4.39 Å². The lowest BCUT2D eigenvalue weighted by molar-refractivity contribution is -0.139. The summed E-state index contributed by atoms with van der Waals surface area (Å²) in [5.41, 5.74) is 0. The number of ether oxygens (including phenoxy) is 1. The number of benzene rings is 1. The molecule has 2 atom stereocenters. The van der Waals surface area contributed by atoms with Crippen molar-refractivity contribution in [3.8, 4) is 5.75 Å². The fourth-order valence-corrected chi connectivity index (χ4v) is 3.11. The van der Waals surface area contributed by atoms with Crippen molar-refractivity contribution in [2.45, 2.75) is 38.3 Å². The predicted molar refractivity (Wildman–Crippen MR) is 91.0 cm³/mol. The Kier molecular flexibility index (Phi) is 6.75. The summed E-state index contributed by atoms with van der Waals surface area (Å²) in [5.74, 6) is -0.849. The van der Waals surface area contributed by atoms with Crippen LogP contribution in [0.1, 0.15) is 26.2 Å². The maximum absolute atomic E-state index is 12.9. The lowest BCUT2D eigenvalue weighted by atomic mass is 10.1. The summed E-state index contributed by atoms with van der Waals surface area (Å²) in [7, 11) is 1.80. The van der Waals surface area contributed by atoms with Crippen molar-refractivity contribution in [1.82, 2.24) is 9.80 Å². The first-order valence-electron chi connectivity index (χ1n) is 8.50. The Morgan fingerprint density at radius 1 is 1.32 bits per heavy atom. The zero-order valence-corrected chi connectivity index (χ0v) is 14.7. The number of rotatable bonds is 6. The van der Waals surface area contributed by atoms with E-state index in [-0.39, 0.29) is 24.3 Å². The normalized spacial score (nSPS) is 19.4. The Balaban J connectivity index is 1.89. The van der Waals surface area contributed by atoms with Crippen LogP contribution in [0.15, 0.2) is 24.3 Å². The molecule has 0 spiro atoms. The summed E-state index contributed by atoms with van der Waals surface area (Å²) in [6.07, 6.45) is 1.77. The number of carboxylic acid groups (broad SMARTS) is 1. The molecule has 1 N–H and O–H groups in total. The van der Waals surface area contributed by atoms with Gasteiger partial charge in [-0.05, 0) is 57.5 Å². The number of nitrogens with zero attached hydrogens (tertiary/aromatic N) is 2. The minimum atomic E-state index is -0.846. The van der Waals surface area contributed by atoms with Gasteiger partial charge in [0, 0.05) is 19.1 Å². The number of hydrogen-bond donors (Lipinski definition) is 1. The molecule has 7 heteroatoms. The largest absolute Gasteiger partial charge is 0.481 e. The molecule has 1 heterocycles. The number of hydrogen-bond acceptors (Lipinski definition) is 4. The van der Waals surface area contributed by atoms with Gasteiger partial charge in [0.25, 0.3) is 5.91 Å². The molecule has 0 aromatic heterocycles. The van der Waals surface area contributed by atoms with Crippen LogP contribution in [0, 0.1) is 5.82 Å². The van der Waals surface area contributed by atoms with Gasteiger partial charge in [0.05, 0.1) is 6.54 Å². The Morgan fingerprint density at radius 3 is 2.64 bits per heavy atom. The highest BCUT2D eigenvalue weighted by molar-refractivity contribution is 5.81. The van der Waals surface area contributed by atoms with Crippen LogP contribution >= 0.6 is 0 Å². The maximum Gasteiger partial charge on any atom is 0.317 e. The van der Waals surface area contributed by atoms with Gasteiger partial charge in [0.2, 0.25) is 0 Å². The fourth-order valence-electron chi connectivity index (χ4n) is 3.11. The number of carbonyl (C=O) groups excluding carboxylic acids is 1. The van der Waals surface area contributed by atoms with E-state index in [1.807, 2.05) is 4.90 Å². The van der Waals surface area contributed by atoms with Gasteiger partial charge in [0.1, 0.15) is 11.6 Å². The van der Waals surface area contributed by atoms with Crippen LogP contribution in [-0.2, 0) is 9.59 Å². The number of halogens is 1. The van der Waals surface area contributed by atoms with Crippen molar-refractivity contribution in [2.24, 2.45) is 0 Å². The Bertz CT molecular complexity index is 593. The molecule has 0 aliphatic carbocycles. The van der Waals surface area contributed by atoms with Gasteiger partial charge in [-0.1, -0.05) is 0 Å². The molecular formula is C18H25FN2O4. The van der Waals surface area contributed by atoms with Crippen molar-refractivity contribution < 1.29 is 23.8 Å². The molecule has 2 unspecified atom stereocenters. The SMILES string of the molecule is CC(Oc1ccc(F)cc1)C(=O)N1CCCC(N(C)CC(=O)O)CC1. The zero-order chi connectivity index (χ0) is 18.4. The lowest BCUT2D eigenvalue weighted by Crippen LogP contribution is -2.42. The molecular weight excluding hydrogens is 327 g/mol. The summed E-state index contributed by atoms with van der Waals surface area (Å²) in [6.45, 7) is 2.89. The Hall–Kier alpha value is -2.15. The number of likely N-dealkylation sites (N-methyl/N-ethyl adjacent to an activating group) is 1. The second kappa shape index (κ2) is 8.80. The van der Waals surface area contributed by atoms with Gasteiger partial charge in [-0.25, -0.2) is 4.39 Å². The molecule has 1 aromatic rings. The van der Waals surface area contributed by atoms with Crippen LogP contribution in [-0.4, -0.2) is 65.6 Å². The van der Waals surface area contributed by atoms with Crippen LogP contribution in [0.3, 0.4) is 0 Å². The summed E-state index contributed by atoms with van der Waals surface area (Å²) >= 11 is 0. The quantitative estimate of drug-likeness (QED) is 0.848. The third kappa shape index (κ3) is 5.70. The van der Waals surface area contributed by atoms with E-state index in [0.717, 1.165) is 19.3 Å². The predicted octanol–water partition coefficient (Wildman–Crippen LogP) is 1.99. The standard InChI is InChI=1S/C18H25FN2O4/c1-13(25-16-7-5-14(19)6-8-16)18(24)21-10-3-4-15(9-11-21)20(2)12-17(22)23/h5-8,13,15H,3-4,9-12H2,1-2H3,(H,22,23). The number of carboxylic acids is 1. The first-order valence-corrected chi connectivity index (χ1v) is 8.50. The van der Waals surface area contributed by atoms with E-state index in [2.05, 4.69) is 0 Å². The molecule has 1 amide bonds. The van der Waals surface area contributed by atoms with Crippen molar-refractivity contribution in [3.63, 3.8) is 0 Å². The van der Waals surface area contributed by atoms with Crippen molar-refractivity contribution >= 4 is 11.9 Å². The molecule has 0 bridgehead atoms. The Labute approximate surface area is 147 Å². The summed E-state index contributed by atoms with van der Waals surface area (Å²) in [4.78, 5) is 27.0. The van der Waals surface area contributed by atoms with Gasteiger partial charge in [-0.3, -0.25) is 14.5 Å². The molecule has 0 radical (unpaired) electrons. The highest BCUT2D eigenvalue weighted by Gasteiger charge is 2.27. The smallest absolute Gasteiger partial charge is 0.317 e. The van der Waals surface area contributed by atoms with Gasteiger partial charge >= 0.3 is 5.97 Å². The van der Waals surface area contributed by atoms with E-state index >= 15 is 0 Å². The number of amides is 1. The zero-order valence-electron chi connectivity index (χ0n) is 14.7. The van der Waals surface area contributed by atoms with E-state index in [1.165, 1.54) is 24.3 Å². The average molecular weight is 352 g/mol. The Morgan fingerprint density at radius 2 is 2.00 bits per heavy atom. The molecule has 138 valence electrons. The van der Waals surface area contributed by atoms with Crippen molar-refractivity contribution in [3.05, 3.63) is 30.1 Å². The van der Waals surface area contributed by atoms with E-state index in [1.54, 1.807) is 18.9 Å². The summed E-state index contributed by atoms with van der Waals surface area (Å²) < 4.78 is 18.5. The molecule has 1 aliphatic heterocycles. The molecule has 1 fully saturated rings. The number of aliphatic carboxylic acids is 1. The van der Waals surface area contributed by atoms with Crippen molar-refractivity contribution in [1.29, 1.82) is 0 Å². The summed E-state index contributed by atoms with van der Waals surface area (Å²) in [5, 5.41) is 8.91. The summed E-state index contributed by atoms with van der Waals surface area (Å²) in [6, 6.07) is 5.74. The highest BCUT2D eigenvalue weighted by Crippen LogP contribution is 2.18. The molecule has 0 saturated carbocycles. The topological polar surface area (TPSA) is 70.1 Å². The van der Waals surface area contributed by atoms with E-state index in [9.17, 15) is 14.0 Å². The van der Waals surface area contributed by atoms with Gasteiger partial charge in [0.15, 0.2) is 6.10 Å². The van der Waals surface area contributed by atoms with Crippen LogP contribution in [0.2, 0.25) is 0 Å². The van der Waals surface area contributed by atoms with E-state index in [0.29, 0.717) is 18.8 Å². The third-order valence-corrected chi connectivity index (χ3v) is 4.49. The lowest BCUT2D eigenvalue weighted by Gasteiger charge is -2.26. The van der Waals surface area contributed by atoms with Gasteiger partial charge in [-0.15, -0.1) is 0 Å². The number of carbonyl (C=O) groups is 2. The van der Waals surface area contributed by atoms with Gasteiger partial charge in [-0.2, -0.15) is 0 Å². The molecule has 1 aromatic carbocycles. The van der Waals surface area contributed by atoms with Crippen LogP contribution in [0.25, 0.3) is 0 Å². The minimum absolute atomic E-state index is 0.00267. The molecule has 1 saturated heterocycles. The second-order valence-electron chi connectivity index (χ2n) is 6.43. The van der Waals surface area contributed by atoms with Crippen LogP contribution in [0.5, 0.6) is 5.75 Å². The third-order valence-electron chi connectivity index (χ3n) is 4.49. The van der Waals surface area contributed by atoms with E-state index in [4.69, 9.17) is 9.84 Å². The highest BCUT2D eigenvalue weighted by atomic mass is 19.1. The second-order valence-corrected chi connectivity index (χ2v) is 6.43. The average Bonchev–Trinajstić information content (AvgIpc) is 2.81. The molecule has 25 heavy (non-hydrogen) atoms. The monoisotopic (exact) mass is 352 g/mol. The first kappa shape index (κ1) is 19.2. The van der Waals surface area contributed by atoms with Crippen molar-refractivity contribution in [2.75, 3.05) is 26.7 Å². The first-order chi connectivity index (χ1) is 11.9. The molecule has 2 rings (SSSR count). The molecule has 1 aliphatic rings. The minimum Gasteiger partial charge on any atom is -0.481 e. The van der Waals surface area contributed by atoms with Crippen LogP contribution < -0.4 is 4.74 Å². The van der Waals surface area contributed by atoms with Gasteiger partial charge < -0.3 is 14.7 Å². The van der Waals surface area contributed by atoms with E-state index < -0.39 is 12.1 Å². The fraction of sp³-hybridized carbons (Fsp3) is 0.556. The molecule has 6 nitrogen and oxygen atoms in total.